The van der Waals surface area contributed by atoms with E-state index in [0.29, 0.717) is 5.92 Å². The van der Waals surface area contributed by atoms with Gasteiger partial charge in [-0.1, -0.05) is 15.9 Å². The average Bonchev–Trinajstić information content (AvgIpc) is 2.82. The van der Waals surface area contributed by atoms with Crippen LogP contribution >= 0.6 is 15.9 Å². The summed E-state index contributed by atoms with van der Waals surface area (Å²) >= 11 is 3.45. The van der Waals surface area contributed by atoms with Gasteiger partial charge in [0.2, 0.25) is 5.91 Å². The Kier molecular flexibility index (Phi) is 2.57. The smallest absolute Gasteiger partial charge is 0.228 e. The lowest BCUT2D eigenvalue weighted by Crippen LogP contribution is -2.19. The fourth-order valence-corrected chi connectivity index (χ4v) is 5.13. The first-order valence-electron chi connectivity index (χ1n) is 7.22. The molecule has 3 fully saturated rings. The molecule has 4 unspecified atom stereocenters. The monoisotopic (exact) mass is 319 g/mol. The zero-order valence-electron chi connectivity index (χ0n) is 11.0. The van der Waals surface area contributed by atoms with Crippen LogP contribution in [0.15, 0.2) is 22.7 Å². The number of amides is 1. The molecule has 2 nitrogen and oxygen atoms in total. The molecule has 4 atom stereocenters. The molecule has 4 rings (SSSR count). The van der Waals surface area contributed by atoms with Crippen LogP contribution < -0.4 is 5.32 Å². The van der Waals surface area contributed by atoms with Gasteiger partial charge in [-0.3, -0.25) is 4.79 Å². The first kappa shape index (κ1) is 12.0. The van der Waals surface area contributed by atoms with E-state index in [0.717, 1.165) is 39.4 Å². The number of carbonyl (C=O) groups is 1. The van der Waals surface area contributed by atoms with E-state index in [1.165, 1.54) is 19.3 Å². The van der Waals surface area contributed by atoms with Crippen molar-refractivity contribution in [3.63, 3.8) is 0 Å². The predicted molar refractivity (Wildman–Crippen MR) is 78.8 cm³/mol. The number of fused-ring (bicyclic) bond motifs is 5. The molecule has 0 saturated heterocycles. The van der Waals surface area contributed by atoms with Gasteiger partial charge >= 0.3 is 0 Å². The lowest BCUT2D eigenvalue weighted by atomic mass is 10.0. The van der Waals surface area contributed by atoms with E-state index in [9.17, 15) is 4.79 Å². The van der Waals surface area contributed by atoms with Crippen LogP contribution in [0.25, 0.3) is 0 Å². The predicted octanol–water partition coefficient (Wildman–Crippen LogP) is 3.99. The second-order valence-electron chi connectivity index (χ2n) is 6.46. The molecular formula is C16H18BrNO. The molecule has 3 aliphatic rings. The van der Waals surface area contributed by atoms with E-state index < -0.39 is 0 Å². The largest absolute Gasteiger partial charge is 0.326 e. The first-order chi connectivity index (χ1) is 9.15. The number of halogens is 1. The van der Waals surface area contributed by atoms with Crippen molar-refractivity contribution in [3.05, 3.63) is 28.2 Å². The Labute approximate surface area is 122 Å². The number of rotatable bonds is 2. The maximum Gasteiger partial charge on any atom is 0.228 e. The average molecular weight is 320 g/mol. The minimum Gasteiger partial charge on any atom is -0.326 e. The standard InChI is InChI=1S/C16H18BrNO/c1-8-6-11(17)4-5-12(8)18-16(19)15-13-9-2-3-10(7-9)14(13)15/h4-6,9-10,13-15H,2-3,7H2,1H3,(H,18,19). The van der Waals surface area contributed by atoms with E-state index in [2.05, 4.69) is 21.2 Å². The minimum atomic E-state index is 0.261. The van der Waals surface area contributed by atoms with Gasteiger partial charge in [-0.25, -0.2) is 0 Å². The van der Waals surface area contributed by atoms with Crippen molar-refractivity contribution in [1.82, 2.24) is 0 Å². The number of hydrogen-bond acceptors (Lipinski definition) is 1. The van der Waals surface area contributed by atoms with E-state index in [1.807, 2.05) is 25.1 Å². The topological polar surface area (TPSA) is 29.1 Å². The second-order valence-corrected chi connectivity index (χ2v) is 7.38. The molecule has 100 valence electrons. The van der Waals surface area contributed by atoms with Crippen LogP contribution in [0, 0.1) is 36.5 Å². The first-order valence-corrected chi connectivity index (χ1v) is 8.01. The number of carbonyl (C=O) groups excluding carboxylic acids is 1. The van der Waals surface area contributed by atoms with Crippen LogP contribution in [0.5, 0.6) is 0 Å². The molecule has 1 aromatic rings. The molecule has 2 bridgehead atoms. The van der Waals surface area contributed by atoms with Gasteiger partial charge in [-0.2, -0.15) is 0 Å². The molecule has 0 aliphatic heterocycles. The van der Waals surface area contributed by atoms with Crippen molar-refractivity contribution < 1.29 is 4.79 Å². The summed E-state index contributed by atoms with van der Waals surface area (Å²) in [5, 5.41) is 3.14. The molecule has 1 N–H and O–H groups in total. The summed E-state index contributed by atoms with van der Waals surface area (Å²) < 4.78 is 1.06. The van der Waals surface area contributed by atoms with Gasteiger partial charge in [0.1, 0.15) is 0 Å². The number of aryl methyl sites for hydroxylation is 1. The summed E-state index contributed by atoms with van der Waals surface area (Å²) in [6.45, 7) is 2.04. The lowest BCUT2D eigenvalue weighted by Gasteiger charge is -2.11. The van der Waals surface area contributed by atoms with Crippen molar-refractivity contribution in [2.24, 2.45) is 29.6 Å². The summed E-state index contributed by atoms with van der Waals surface area (Å²) in [6, 6.07) is 6.02. The molecule has 3 aliphatic carbocycles. The zero-order valence-corrected chi connectivity index (χ0v) is 12.6. The second kappa shape index (κ2) is 4.08. The summed E-state index contributed by atoms with van der Waals surface area (Å²) in [5.41, 5.74) is 2.09. The number of anilines is 1. The Morgan fingerprint density at radius 2 is 1.95 bits per heavy atom. The van der Waals surface area contributed by atoms with Crippen molar-refractivity contribution in [2.45, 2.75) is 26.2 Å². The van der Waals surface area contributed by atoms with Crippen molar-refractivity contribution in [1.29, 1.82) is 0 Å². The summed E-state index contributed by atoms with van der Waals surface area (Å²) in [7, 11) is 0. The highest BCUT2D eigenvalue weighted by Gasteiger charge is 2.67. The van der Waals surface area contributed by atoms with Crippen LogP contribution in [0.4, 0.5) is 5.69 Å². The molecular weight excluding hydrogens is 302 g/mol. The summed E-state index contributed by atoms with van der Waals surface area (Å²) in [6.07, 6.45) is 4.14. The van der Waals surface area contributed by atoms with Crippen LogP contribution in [0.2, 0.25) is 0 Å². The molecule has 19 heavy (non-hydrogen) atoms. The van der Waals surface area contributed by atoms with Gasteiger partial charge in [0.15, 0.2) is 0 Å². The maximum atomic E-state index is 12.4. The SMILES string of the molecule is Cc1cc(Br)ccc1NC(=O)C1C2C3CCC(C3)C12. The fourth-order valence-electron chi connectivity index (χ4n) is 4.66. The molecule has 1 amide bonds. The molecule has 3 saturated carbocycles. The molecule has 1 aromatic carbocycles. The van der Waals surface area contributed by atoms with Crippen LogP contribution in [-0.2, 0) is 4.79 Å². The quantitative estimate of drug-likeness (QED) is 0.877. The highest BCUT2D eigenvalue weighted by molar-refractivity contribution is 9.10. The zero-order chi connectivity index (χ0) is 13.1. The van der Waals surface area contributed by atoms with Gasteiger partial charge in [-0.15, -0.1) is 0 Å². The maximum absolute atomic E-state index is 12.4. The van der Waals surface area contributed by atoms with Gasteiger partial charge in [0, 0.05) is 16.1 Å². The molecule has 0 radical (unpaired) electrons. The Balaban J connectivity index is 1.48. The van der Waals surface area contributed by atoms with Gasteiger partial charge in [0.25, 0.3) is 0 Å². The van der Waals surface area contributed by atoms with Gasteiger partial charge in [0.05, 0.1) is 0 Å². The van der Waals surface area contributed by atoms with E-state index in [1.54, 1.807) is 0 Å². The van der Waals surface area contributed by atoms with E-state index in [4.69, 9.17) is 0 Å². The third-order valence-electron chi connectivity index (χ3n) is 5.48. The van der Waals surface area contributed by atoms with Crippen LogP contribution in [-0.4, -0.2) is 5.91 Å². The fraction of sp³-hybridized carbons (Fsp3) is 0.562. The minimum absolute atomic E-state index is 0.261. The Morgan fingerprint density at radius 3 is 2.58 bits per heavy atom. The third kappa shape index (κ3) is 1.78. The van der Waals surface area contributed by atoms with Gasteiger partial charge in [-0.05, 0) is 73.6 Å². The van der Waals surface area contributed by atoms with E-state index >= 15 is 0 Å². The molecule has 0 heterocycles. The Hall–Kier alpha value is -0.830. The van der Waals surface area contributed by atoms with Crippen molar-refractivity contribution in [3.8, 4) is 0 Å². The van der Waals surface area contributed by atoms with Crippen molar-refractivity contribution in [2.75, 3.05) is 5.32 Å². The highest BCUT2D eigenvalue weighted by Crippen LogP contribution is 2.69. The molecule has 0 spiro atoms. The third-order valence-corrected chi connectivity index (χ3v) is 5.98. The lowest BCUT2D eigenvalue weighted by molar-refractivity contribution is -0.118. The summed E-state index contributed by atoms with van der Waals surface area (Å²) in [5.74, 6) is 3.73. The number of benzene rings is 1. The highest BCUT2D eigenvalue weighted by atomic mass is 79.9. The van der Waals surface area contributed by atoms with Crippen LogP contribution in [0.3, 0.4) is 0 Å². The van der Waals surface area contributed by atoms with E-state index in [-0.39, 0.29) is 5.91 Å². The number of nitrogens with one attached hydrogen (secondary N) is 1. The summed E-state index contributed by atoms with van der Waals surface area (Å²) in [4.78, 5) is 12.4. The Morgan fingerprint density at radius 1 is 1.26 bits per heavy atom. The number of hydrogen-bond donors (Lipinski definition) is 1. The molecule has 0 aromatic heterocycles. The Bertz CT molecular complexity index is 540. The van der Waals surface area contributed by atoms with Crippen molar-refractivity contribution >= 4 is 27.5 Å². The van der Waals surface area contributed by atoms with Gasteiger partial charge < -0.3 is 5.32 Å². The molecule has 3 heteroatoms. The normalized spacial score (nSPS) is 38.1. The van der Waals surface area contributed by atoms with Crippen LogP contribution in [0.1, 0.15) is 24.8 Å².